The van der Waals surface area contributed by atoms with Gasteiger partial charge in [-0.2, -0.15) is 0 Å². The molecule has 1 aromatic carbocycles. The van der Waals surface area contributed by atoms with E-state index >= 15 is 0 Å². The maximum Gasteiger partial charge on any atom is 0.126 e. The van der Waals surface area contributed by atoms with Gasteiger partial charge < -0.3 is 4.74 Å². The van der Waals surface area contributed by atoms with Gasteiger partial charge in [0.05, 0.1) is 8.07 Å². The Morgan fingerprint density at radius 3 is 2.40 bits per heavy atom. The highest BCUT2D eigenvalue weighted by Gasteiger charge is 2.30. The molecule has 0 saturated carbocycles. The zero-order valence-corrected chi connectivity index (χ0v) is 18.1. The van der Waals surface area contributed by atoms with Crippen LogP contribution in [0.3, 0.4) is 0 Å². The van der Waals surface area contributed by atoms with Crippen molar-refractivity contribution in [3.8, 4) is 5.75 Å². The first-order valence-electron chi connectivity index (χ1n) is 9.30. The van der Waals surface area contributed by atoms with Crippen LogP contribution in [0.25, 0.3) is 0 Å². The predicted molar refractivity (Wildman–Crippen MR) is 113 cm³/mol. The minimum Gasteiger partial charge on any atom is -0.489 e. The number of allylic oxidation sites excluding steroid dienone is 4. The first-order valence-corrected chi connectivity index (χ1v) is 12.5. The predicted octanol–water partition coefficient (Wildman–Crippen LogP) is 6.46. The molecule has 0 aromatic heterocycles. The highest BCUT2D eigenvalue weighted by Crippen LogP contribution is 2.38. The molecule has 0 radical (unpaired) electrons. The first kappa shape index (κ1) is 19.8. The molecule has 2 rings (SSSR count). The molecule has 0 saturated heterocycles. The van der Waals surface area contributed by atoms with Gasteiger partial charge >= 0.3 is 0 Å². The van der Waals surface area contributed by atoms with Gasteiger partial charge in [0, 0.05) is 5.56 Å². The Morgan fingerprint density at radius 2 is 1.88 bits per heavy atom. The lowest BCUT2D eigenvalue weighted by Crippen LogP contribution is -2.32. The molecule has 0 fully saturated rings. The van der Waals surface area contributed by atoms with Crippen LogP contribution in [0.4, 0.5) is 0 Å². The van der Waals surface area contributed by atoms with Crippen molar-refractivity contribution in [2.45, 2.75) is 65.6 Å². The minimum atomic E-state index is -1.53. The molecule has 0 unspecified atom stereocenters. The van der Waals surface area contributed by atoms with Gasteiger partial charge in [0.15, 0.2) is 0 Å². The molecule has 0 atom stereocenters. The topological polar surface area (TPSA) is 9.23 Å². The molecule has 2 heteroatoms. The van der Waals surface area contributed by atoms with Crippen LogP contribution in [0.1, 0.15) is 50.8 Å². The van der Waals surface area contributed by atoms with Crippen molar-refractivity contribution in [3.63, 3.8) is 0 Å². The first-order chi connectivity index (χ1) is 11.5. The molecular weight excluding hydrogens is 320 g/mol. The summed E-state index contributed by atoms with van der Waals surface area (Å²) in [6.07, 6.45) is 7.74. The van der Waals surface area contributed by atoms with Crippen LogP contribution in [0.15, 0.2) is 47.7 Å². The van der Waals surface area contributed by atoms with Crippen LogP contribution >= 0.6 is 0 Å². The van der Waals surface area contributed by atoms with E-state index < -0.39 is 8.07 Å². The molecule has 1 aromatic rings. The summed E-state index contributed by atoms with van der Waals surface area (Å²) in [7, 11) is -1.53. The molecule has 1 aliphatic carbocycles. The third-order valence-electron chi connectivity index (χ3n) is 5.01. The summed E-state index contributed by atoms with van der Waals surface area (Å²) in [5.74, 6) is 1.09. The van der Waals surface area contributed by atoms with Gasteiger partial charge in [-0.05, 0) is 37.3 Å². The van der Waals surface area contributed by atoms with Crippen molar-refractivity contribution in [3.05, 3.63) is 64.4 Å². The fourth-order valence-corrected chi connectivity index (χ4v) is 6.29. The van der Waals surface area contributed by atoms with Crippen molar-refractivity contribution in [2.24, 2.45) is 0 Å². The Bertz CT molecular complexity index is 714. The van der Waals surface area contributed by atoms with Gasteiger partial charge in [-0.1, -0.05) is 87.1 Å². The molecule has 0 aliphatic heterocycles. The molecule has 1 aliphatic rings. The summed E-state index contributed by atoms with van der Waals surface area (Å²) in [4.78, 5) is 0. The number of aryl methyl sites for hydroxylation is 1. The van der Waals surface area contributed by atoms with E-state index in [0.717, 1.165) is 18.2 Å². The fourth-order valence-electron chi connectivity index (χ4n) is 3.57. The fraction of sp³-hybridized carbons (Fsp3) is 0.478. The summed E-state index contributed by atoms with van der Waals surface area (Å²) in [5.41, 5.74) is 5.48. The van der Waals surface area contributed by atoms with Gasteiger partial charge in [0.2, 0.25) is 0 Å². The van der Waals surface area contributed by atoms with Crippen LogP contribution in [0.5, 0.6) is 5.75 Å². The van der Waals surface area contributed by atoms with Crippen molar-refractivity contribution < 1.29 is 4.74 Å². The van der Waals surface area contributed by atoms with Crippen LogP contribution in [-0.2, 0) is 11.5 Å². The Balaban J connectivity index is 2.47. The van der Waals surface area contributed by atoms with Crippen molar-refractivity contribution in [1.82, 2.24) is 0 Å². The number of benzene rings is 1. The van der Waals surface area contributed by atoms with Crippen molar-refractivity contribution >= 4 is 8.07 Å². The molecule has 0 bridgehead atoms. The maximum absolute atomic E-state index is 6.20. The highest BCUT2D eigenvalue weighted by atomic mass is 28.3. The molecule has 0 N–H and O–H groups in total. The second kappa shape index (κ2) is 7.37. The van der Waals surface area contributed by atoms with Crippen LogP contribution in [-0.4, -0.2) is 14.7 Å². The monoisotopic (exact) mass is 354 g/mol. The largest absolute Gasteiger partial charge is 0.489 e. The van der Waals surface area contributed by atoms with E-state index in [1.54, 1.807) is 5.20 Å². The lowest BCUT2D eigenvalue weighted by atomic mass is 9.84. The van der Waals surface area contributed by atoms with Gasteiger partial charge in [0.25, 0.3) is 0 Å². The summed E-state index contributed by atoms with van der Waals surface area (Å²) in [6.45, 7) is 20.6. The molecular formula is C23H34OSi. The molecule has 0 spiro atoms. The average molecular weight is 355 g/mol. The Hall–Kier alpha value is -1.54. The van der Waals surface area contributed by atoms with E-state index in [4.69, 9.17) is 4.74 Å². The summed E-state index contributed by atoms with van der Waals surface area (Å²) in [6, 6.07) is 5.74. The molecule has 0 heterocycles. The quantitative estimate of drug-likeness (QED) is 0.420. The number of ether oxygens (including phenoxy) is 1. The van der Waals surface area contributed by atoms with Gasteiger partial charge in [-0.25, -0.2) is 0 Å². The number of rotatable bonds is 6. The van der Waals surface area contributed by atoms with Gasteiger partial charge in [0.1, 0.15) is 12.4 Å². The highest BCUT2D eigenvalue weighted by molar-refractivity contribution is 6.83. The molecule has 0 amide bonds. The van der Waals surface area contributed by atoms with E-state index in [1.807, 2.05) is 6.08 Å². The molecule has 25 heavy (non-hydrogen) atoms. The van der Waals surface area contributed by atoms with Gasteiger partial charge in [-0.3, -0.25) is 0 Å². The molecule has 1 nitrogen and oxygen atoms in total. The van der Waals surface area contributed by atoms with E-state index in [0.29, 0.717) is 6.61 Å². The van der Waals surface area contributed by atoms with E-state index in [1.165, 1.54) is 22.3 Å². The Labute approximate surface area is 155 Å². The summed E-state index contributed by atoms with van der Waals surface area (Å²) in [5, 5.41) is 1.65. The summed E-state index contributed by atoms with van der Waals surface area (Å²) >= 11 is 0. The lowest BCUT2D eigenvalue weighted by molar-refractivity contribution is 0.348. The smallest absolute Gasteiger partial charge is 0.126 e. The Kier molecular flexibility index (Phi) is 5.83. The van der Waals surface area contributed by atoms with Gasteiger partial charge in [-0.15, -0.1) is 0 Å². The lowest BCUT2D eigenvalue weighted by Gasteiger charge is -2.29. The van der Waals surface area contributed by atoms with E-state index in [2.05, 4.69) is 78.6 Å². The standard InChI is InChI=1S/C23H34OSi/c1-9-12-24-22-19(13-18(3)15-21(22)23(4,5)6)16-25(7,8)20-11-10-17(2)14-20/h9-10,13-15H,1,11-12,16H2,2-8H3. The van der Waals surface area contributed by atoms with Crippen LogP contribution in [0.2, 0.25) is 13.1 Å². The third kappa shape index (κ3) is 4.75. The third-order valence-corrected chi connectivity index (χ3v) is 8.36. The normalized spacial score (nSPS) is 15.0. The van der Waals surface area contributed by atoms with E-state index in [-0.39, 0.29) is 5.41 Å². The average Bonchev–Trinajstić information content (AvgIpc) is 2.92. The number of hydrogen-bond acceptors (Lipinski definition) is 1. The summed E-state index contributed by atoms with van der Waals surface area (Å²) < 4.78 is 6.20. The van der Waals surface area contributed by atoms with E-state index in [9.17, 15) is 0 Å². The molecule has 136 valence electrons. The second-order valence-electron chi connectivity index (χ2n) is 9.03. The minimum absolute atomic E-state index is 0.0632. The second-order valence-corrected chi connectivity index (χ2v) is 13.8. The zero-order chi connectivity index (χ0) is 18.8. The van der Waals surface area contributed by atoms with Crippen molar-refractivity contribution in [2.75, 3.05) is 6.61 Å². The van der Waals surface area contributed by atoms with Crippen molar-refractivity contribution in [1.29, 1.82) is 0 Å². The van der Waals surface area contributed by atoms with Crippen LogP contribution in [0, 0.1) is 6.92 Å². The number of hydrogen-bond donors (Lipinski definition) is 0. The van der Waals surface area contributed by atoms with Crippen LogP contribution < -0.4 is 4.74 Å². The maximum atomic E-state index is 6.20. The Morgan fingerprint density at radius 1 is 1.20 bits per heavy atom. The zero-order valence-electron chi connectivity index (χ0n) is 17.1. The SMILES string of the molecule is C=CCOc1c(C[Si](C)(C)C2=CC(C)=CC2)cc(C)cc1C(C)(C)C.